The van der Waals surface area contributed by atoms with Crippen LogP contribution in [0.3, 0.4) is 0 Å². The number of hydrogen-bond donors (Lipinski definition) is 2. The Morgan fingerprint density at radius 2 is 2.00 bits per heavy atom. The molecule has 6 heteroatoms. The van der Waals surface area contributed by atoms with E-state index in [9.17, 15) is 4.79 Å². The summed E-state index contributed by atoms with van der Waals surface area (Å²) in [5.41, 5.74) is 0.457. The summed E-state index contributed by atoms with van der Waals surface area (Å²) in [4.78, 5) is 12.2. The summed E-state index contributed by atoms with van der Waals surface area (Å²) >= 11 is 0. The normalized spacial score (nSPS) is 23.4. The van der Waals surface area contributed by atoms with E-state index in [4.69, 9.17) is 0 Å². The third-order valence-corrected chi connectivity index (χ3v) is 4.43. The fourth-order valence-corrected chi connectivity index (χ4v) is 2.78. The molecule has 4 rings (SSSR count). The van der Waals surface area contributed by atoms with Crippen molar-refractivity contribution in [3.8, 4) is 0 Å². The predicted molar refractivity (Wildman–Crippen MR) is 68.6 cm³/mol. The molecule has 3 aliphatic rings. The SMILES string of the molecule is O=C(NC(C1CC1)C1CC1)c1cn(C2CNC2)nn1. The molecule has 6 nitrogen and oxygen atoms in total. The van der Waals surface area contributed by atoms with Crippen LogP contribution >= 0.6 is 0 Å². The van der Waals surface area contributed by atoms with Gasteiger partial charge in [-0.1, -0.05) is 5.21 Å². The van der Waals surface area contributed by atoms with Crippen LogP contribution in [-0.2, 0) is 0 Å². The Kier molecular flexibility index (Phi) is 2.58. The fraction of sp³-hybridized carbons (Fsp3) is 0.769. The molecule has 1 aromatic rings. The van der Waals surface area contributed by atoms with Gasteiger partial charge in [-0.05, 0) is 37.5 Å². The van der Waals surface area contributed by atoms with Gasteiger partial charge in [0.1, 0.15) is 0 Å². The Hall–Kier alpha value is -1.43. The van der Waals surface area contributed by atoms with E-state index in [0.717, 1.165) is 13.1 Å². The topological polar surface area (TPSA) is 71.8 Å². The molecule has 0 atom stereocenters. The first-order chi connectivity index (χ1) is 9.31. The van der Waals surface area contributed by atoms with Crippen LogP contribution in [-0.4, -0.2) is 40.0 Å². The van der Waals surface area contributed by atoms with Gasteiger partial charge in [0.2, 0.25) is 0 Å². The summed E-state index contributed by atoms with van der Waals surface area (Å²) in [6, 6.07) is 0.736. The number of amides is 1. The fourth-order valence-electron chi connectivity index (χ4n) is 2.78. The zero-order valence-electron chi connectivity index (χ0n) is 10.9. The largest absolute Gasteiger partial charge is 0.347 e. The number of hydrogen-bond acceptors (Lipinski definition) is 4. The van der Waals surface area contributed by atoms with Crippen molar-refractivity contribution in [2.75, 3.05) is 13.1 Å². The second kappa shape index (κ2) is 4.30. The lowest BCUT2D eigenvalue weighted by molar-refractivity contribution is 0.0921. The van der Waals surface area contributed by atoms with Gasteiger partial charge in [0.25, 0.3) is 5.91 Å². The molecule has 0 radical (unpaired) electrons. The summed E-state index contributed by atoms with van der Waals surface area (Å²) in [7, 11) is 0. The first-order valence-corrected chi connectivity index (χ1v) is 7.24. The standard InChI is InChI=1S/C13H19N5O/c19-13(15-12(8-1-2-8)9-3-4-9)11-7-18(17-16-11)10-5-14-6-10/h7-10,12,14H,1-6H2,(H,15,19). The van der Waals surface area contributed by atoms with Gasteiger partial charge in [-0.15, -0.1) is 5.10 Å². The van der Waals surface area contributed by atoms with Crippen molar-refractivity contribution in [1.29, 1.82) is 0 Å². The second-order valence-corrected chi connectivity index (χ2v) is 6.07. The maximum Gasteiger partial charge on any atom is 0.273 e. The Labute approximate surface area is 111 Å². The van der Waals surface area contributed by atoms with Gasteiger partial charge in [0, 0.05) is 19.1 Å². The van der Waals surface area contributed by atoms with Crippen LogP contribution in [0.15, 0.2) is 6.20 Å². The minimum atomic E-state index is -0.0534. The van der Waals surface area contributed by atoms with E-state index in [-0.39, 0.29) is 5.91 Å². The van der Waals surface area contributed by atoms with E-state index < -0.39 is 0 Å². The van der Waals surface area contributed by atoms with E-state index in [0.29, 0.717) is 29.6 Å². The molecule has 102 valence electrons. The molecule has 0 unspecified atom stereocenters. The van der Waals surface area contributed by atoms with E-state index >= 15 is 0 Å². The molecule has 2 N–H and O–H groups in total. The summed E-state index contributed by atoms with van der Waals surface area (Å²) < 4.78 is 1.80. The molecule has 1 saturated heterocycles. The van der Waals surface area contributed by atoms with Crippen LogP contribution in [0, 0.1) is 11.8 Å². The lowest BCUT2D eigenvalue weighted by atomic mass is 10.1. The Morgan fingerprint density at radius 3 is 2.53 bits per heavy atom. The molecule has 0 aromatic carbocycles. The maximum absolute atomic E-state index is 12.2. The average Bonchev–Trinajstić information content (AvgIpc) is 3.24. The summed E-state index contributed by atoms with van der Waals surface area (Å²) in [5, 5.41) is 14.4. The van der Waals surface area contributed by atoms with Crippen LogP contribution in [0.1, 0.15) is 42.2 Å². The van der Waals surface area contributed by atoms with Gasteiger partial charge in [-0.3, -0.25) is 4.79 Å². The number of aromatic nitrogens is 3. The quantitative estimate of drug-likeness (QED) is 0.802. The van der Waals surface area contributed by atoms with Gasteiger partial charge >= 0.3 is 0 Å². The third-order valence-electron chi connectivity index (χ3n) is 4.43. The van der Waals surface area contributed by atoms with Gasteiger partial charge in [0.15, 0.2) is 5.69 Å². The van der Waals surface area contributed by atoms with Crippen molar-refractivity contribution >= 4 is 5.91 Å². The lowest BCUT2D eigenvalue weighted by Gasteiger charge is -2.26. The molecule has 1 amide bonds. The summed E-state index contributed by atoms with van der Waals surface area (Å²) in [6.45, 7) is 1.83. The van der Waals surface area contributed by atoms with E-state index in [2.05, 4.69) is 20.9 Å². The second-order valence-electron chi connectivity index (χ2n) is 6.07. The minimum absolute atomic E-state index is 0.0534. The lowest BCUT2D eigenvalue weighted by Crippen LogP contribution is -2.43. The van der Waals surface area contributed by atoms with Gasteiger partial charge in [0.05, 0.1) is 12.2 Å². The number of carbonyl (C=O) groups excluding carboxylic acids is 1. The molecule has 2 saturated carbocycles. The minimum Gasteiger partial charge on any atom is -0.347 e. The van der Waals surface area contributed by atoms with E-state index in [1.54, 1.807) is 10.9 Å². The molecular weight excluding hydrogens is 242 g/mol. The highest BCUT2D eigenvalue weighted by molar-refractivity contribution is 5.92. The molecule has 1 aliphatic heterocycles. The molecule has 1 aromatic heterocycles. The molecule has 2 heterocycles. The van der Waals surface area contributed by atoms with Gasteiger partial charge in [-0.25, -0.2) is 4.68 Å². The van der Waals surface area contributed by atoms with Crippen molar-refractivity contribution in [2.45, 2.75) is 37.8 Å². The zero-order valence-corrected chi connectivity index (χ0v) is 10.9. The highest BCUT2D eigenvalue weighted by atomic mass is 16.2. The van der Waals surface area contributed by atoms with Crippen LogP contribution in [0.4, 0.5) is 0 Å². The molecule has 19 heavy (non-hydrogen) atoms. The van der Waals surface area contributed by atoms with Crippen LogP contribution in [0.25, 0.3) is 0 Å². The monoisotopic (exact) mass is 261 g/mol. The van der Waals surface area contributed by atoms with Crippen molar-refractivity contribution in [3.05, 3.63) is 11.9 Å². The number of rotatable bonds is 5. The third kappa shape index (κ3) is 2.25. The highest BCUT2D eigenvalue weighted by Gasteiger charge is 2.42. The summed E-state index contributed by atoms with van der Waals surface area (Å²) in [5.74, 6) is 1.37. The number of nitrogens with one attached hydrogen (secondary N) is 2. The molecule has 0 spiro atoms. The first-order valence-electron chi connectivity index (χ1n) is 7.24. The average molecular weight is 261 g/mol. The Bertz CT molecular complexity index is 475. The smallest absolute Gasteiger partial charge is 0.273 e. The predicted octanol–water partition coefficient (Wildman–Crippen LogP) is 0.341. The number of nitrogens with zero attached hydrogens (tertiary/aromatic N) is 3. The Morgan fingerprint density at radius 1 is 1.32 bits per heavy atom. The Balaban J connectivity index is 1.42. The van der Waals surface area contributed by atoms with Gasteiger partial charge in [-0.2, -0.15) is 0 Å². The van der Waals surface area contributed by atoms with Gasteiger partial charge < -0.3 is 10.6 Å². The van der Waals surface area contributed by atoms with Crippen molar-refractivity contribution < 1.29 is 4.79 Å². The van der Waals surface area contributed by atoms with Crippen molar-refractivity contribution in [1.82, 2.24) is 25.6 Å². The van der Waals surface area contributed by atoms with Crippen LogP contribution in [0.5, 0.6) is 0 Å². The van der Waals surface area contributed by atoms with Crippen molar-refractivity contribution in [2.24, 2.45) is 11.8 Å². The highest BCUT2D eigenvalue weighted by Crippen LogP contribution is 2.44. The molecule has 0 bridgehead atoms. The molecular formula is C13H19N5O. The van der Waals surface area contributed by atoms with E-state index in [1.165, 1.54) is 25.7 Å². The first kappa shape index (κ1) is 11.4. The zero-order chi connectivity index (χ0) is 12.8. The maximum atomic E-state index is 12.2. The summed E-state index contributed by atoms with van der Waals surface area (Å²) in [6.07, 6.45) is 6.84. The number of carbonyl (C=O) groups is 1. The van der Waals surface area contributed by atoms with E-state index in [1.807, 2.05) is 0 Å². The van der Waals surface area contributed by atoms with Crippen molar-refractivity contribution in [3.63, 3.8) is 0 Å². The molecule has 3 fully saturated rings. The molecule has 2 aliphatic carbocycles. The van der Waals surface area contributed by atoms with Crippen LogP contribution in [0.2, 0.25) is 0 Å². The van der Waals surface area contributed by atoms with Crippen LogP contribution < -0.4 is 10.6 Å².